The molecule has 4 aromatic rings. The number of nitrogens with one attached hydrogen (secondary N) is 1. The van der Waals surface area contributed by atoms with Crippen molar-refractivity contribution in [1.82, 2.24) is 14.4 Å². The van der Waals surface area contributed by atoms with E-state index in [0.717, 1.165) is 34.3 Å². The molecule has 0 aliphatic rings. The summed E-state index contributed by atoms with van der Waals surface area (Å²) in [5.41, 5.74) is 4.63. The van der Waals surface area contributed by atoms with E-state index in [2.05, 4.69) is 35.2 Å². The zero-order valence-corrected chi connectivity index (χ0v) is 13.6. The molecule has 0 atom stereocenters. The minimum atomic E-state index is 0.479. The fraction of sp³-hybridized carbons (Fsp3) is 0.211. The second-order valence-corrected chi connectivity index (χ2v) is 6.27. The van der Waals surface area contributed by atoms with Gasteiger partial charge in [0.1, 0.15) is 17.1 Å². The number of imidazole rings is 1. The van der Waals surface area contributed by atoms with Crippen LogP contribution < -0.4 is 5.32 Å². The number of aromatic nitrogens is 3. The van der Waals surface area contributed by atoms with E-state index < -0.39 is 0 Å². The van der Waals surface area contributed by atoms with Crippen LogP contribution in [0, 0.1) is 17.2 Å². The highest BCUT2D eigenvalue weighted by molar-refractivity contribution is 6.01. The van der Waals surface area contributed by atoms with Crippen molar-refractivity contribution in [1.29, 1.82) is 5.26 Å². The van der Waals surface area contributed by atoms with E-state index in [4.69, 9.17) is 0 Å². The van der Waals surface area contributed by atoms with Crippen LogP contribution in [-0.4, -0.2) is 20.9 Å². The van der Waals surface area contributed by atoms with Crippen molar-refractivity contribution in [3.05, 3.63) is 48.2 Å². The third-order valence-electron chi connectivity index (χ3n) is 4.10. The molecule has 0 fully saturated rings. The van der Waals surface area contributed by atoms with Crippen molar-refractivity contribution in [2.24, 2.45) is 5.92 Å². The molecule has 1 aromatic carbocycles. The van der Waals surface area contributed by atoms with Crippen LogP contribution in [0.25, 0.3) is 27.7 Å². The molecule has 1 N–H and O–H groups in total. The Morgan fingerprint density at radius 3 is 2.79 bits per heavy atom. The predicted octanol–water partition coefficient (Wildman–Crippen LogP) is 3.98. The lowest BCUT2D eigenvalue weighted by Gasteiger charge is -2.15. The summed E-state index contributed by atoms with van der Waals surface area (Å²) in [6.07, 6.45) is 1.75. The number of nitriles is 1. The Morgan fingerprint density at radius 2 is 2.00 bits per heavy atom. The van der Waals surface area contributed by atoms with Crippen LogP contribution in [0.1, 0.15) is 19.4 Å². The molecule has 3 heterocycles. The van der Waals surface area contributed by atoms with Gasteiger partial charge in [0.2, 0.25) is 0 Å². The number of fused-ring (bicyclic) bond motifs is 5. The number of pyridine rings is 2. The largest absolute Gasteiger partial charge is 0.383 e. The smallest absolute Gasteiger partial charge is 0.164 e. The quantitative estimate of drug-likeness (QED) is 0.621. The van der Waals surface area contributed by atoms with Crippen LogP contribution in [-0.2, 0) is 0 Å². The lowest BCUT2D eigenvalue weighted by Crippen LogP contribution is -2.10. The summed E-state index contributed by atoms with van der Waals surface area (Å²) in [5.74, 6) is 0.479. The van der Waals surface area contributed by atoms with Crippen molar-refractivity contribution < 1.29 is 0 Å². The Morgan fingerprint density at radius 1 is 1.17 bits per heavy atom. The van der Waals surface area contributed by atoms with Gasteiger partial charge >= 0.3 is 0 Å². The molecular formula is C19H17N5. The maximum atomic E-state index is 9.80. The van der Waals surface area contributed by atoms with Gasteiger partial charge in [0.05, 0.1) is 11.2 Å². The first-order valence-corrected chi connectivity index (χ1v) is 8.02. The number of hydrogen-bond acceptors (Lipinski definition) is 4. The molecule has 0 unspecified atom stereocenters. The summed E-state index contributed by atoms with van der Waals surface area (Å²) in [6, 6.07) is 14.2. The highest BCUT2D eigenvalue weighted by Crippen LogP contribution is 2.32. The van der Waals surface area contributed by atoms with E-state index in [-0.39, 0.29) is 0 Å². The van der Waals surface area contributed by atoms with Crippen molar-refractivity contribution in [3.63, 3.8) is 0 Å². The van der Waals surface area contributed by atoms with Crippen LogP contribution in [0.4, 0.5) is 5.69 Å². The van der Waals surface area contributed by atoms with Crippen LogP contribution in [0.2, 0.25) is 0 Å². The van der Waals surface area contributed by atoms with Crippen molar-refractivity contribution in [2.45, 2.75) is 13.8 Å². The molecular weight excluding hydrogens is 298 g/mol. The summed E-state index contributed by atoms with van der Waals surface area (Å²) in [4.78, 5) is 9.13. The molecule has 0 radical (unpaired) electrons. The number of hydrogen-bond donors (Lipinski definition) is 1. The monoisotopic (exact) mass is 315 g/mol. The number of para-hydroxylation sites is 1. The standard InChI is InChI=1S/C19H17N5/c1-12(2)11-22-17-13-6-3-4-8-16(13)24-18(14(17)10-20)23-15-7-5-9-21-19(15)24/h3-9,12,22H,11H2,1-2H3. The molecule has 0 spiro atoms. The molecule has 0 aliphatic heterocycles. The van der Waals surface area contributed by atoms with Gasteiger partial charge in [-0.05, 0) is 24.1 Å². The van der Waals surface area contributed by atoms with Gasteiger partial charge in [0.15, 0.2) is 11.3 Å². The van der Waals surface area contributed by atoms with Crippen LogP contribution in [0.5, 0.6) is 0 Å². The van der Waals surface area contributed by atoms with E-state index in [1.54, 1.807) is 6.20 Å². The molecule has 4 rings (SSSR count). The van der Waals surface area contributed by atoms with E-state index in [0.29, 0.717) is 17.1 Å². The Balaban J connectivity index is 2.18. The Kier molecular flexibility index (Phi) is 3.31. The SMILES string of the molecule is CC(C)CNc1c(C#N)c2nc3cccnc3n2c2ccccc12. The third-order valence-corrected chi connectivity index (χ3v) is 4.10. The molecule has 24 heavy (non-hydrogen) atoms. The Hall–Kier alpha value is -3.13. The minimum Gasteiger partial charge on any atom is -0.383 e. The average molecular weight is 315 g/mol. The zero-order valence-electron chi connectivity index (χ0n) is 13.6. The first-order valence-electron chi connectivity index (χ1n) is 8.02. The minimum absolute atomic E-state index is 0.479. The maximum Gasteiger partial charge on any atom is 0.164 e. The lowest BCUT2D eigenvalue weighted by atomic mass is 10.1. The fourth-order valence-electron chi connectivity index (χ4n) is 3.03. The normalized spacial score (nSPS) is 11.4. The number of nitrogens with zero attached hydrogens (tertiary/aromatic N) is 4. The first-order chi connectivity index (χ1) is 11.7. The second-order valence-electron chi connectivity index (χ2n) is 6.27. The third kappa shape index (κ3) is 2.08. The zero-order chi connectivity index (χ0) is 16.7. The Labute approximate surface area is 139 Å². The average Bonchev–Trinajstić information content (AvgIpc) is 2.98. The molecule has 118 valence electrons. The molecule has 3 aromatic heterocycles. The highest BCUT2D eigenvalue weighted by Gasteiger charge is 2.18. The number of rotatable bonds is 3. The number of benzene rings is 1. The summed E-state index contributed by atoms with van der Waals surface area (Å²) in [5, 5.41) is 14.3. The van der Waals surface area contributed by atoms with E-state index in [1.807, 2.05) is 40.8 Å². The topological polar surface area (TPSA) is 66.0 Å². The van der Waals surface area contributed by atoms with Gasteiger partial charge in [-0.1, -0.05) is 32.0 Å². The second kappa shape index (κ2) is 5.50. The van der Waals surface area contributed by atoms with E-state index in [1.165, 1.54) is 0 Å². The van der Waals surface area contributed by atoms with Gasteiger partial charge in [0.25, 0.3) is 0 Å². The summed E-state index contributed by atoms with van der Waals surface area (Å²) in [6.45, 7) is 5.09. The van der Waals surface area contributed by atoms with E-state index in [9.17, 15) is 5.26 Å². The van der Waals surface area contributed by atoms with Crippen LogP contribution >= 0.6 is 0 Å². The summed E-state index contributed by atoms with van der Waals surface area (Å²) >= 11 is 0. The van der Waals surface area contributed by atoms with Crippen molar-refractivity contribution >= 4 is 33.4 Å². The van der Waals surface area contributed by atoms with Crippen molar-refractivity contribution in [3.8, 4) is 6.07 Å². The fourth-order valence-corrected chi connectivity index (χ4v) is 3.03. The number of anilines is 1. The highest BCUT2D eigenvalue weighted by atomic mass is 15.1. The molecule has 5 nitrogen and oxygen atoms in total. The summed E-state index contributed by atoms with van der Waals surface area (Å²) < 4.78 is 1.98. The van der Waals surface area contributed by atoms with Gasteiger partial charge in [-0.25, -0.2) is 9.97 Å². The first kappa shape index (κ1) is 14.5. The predicted molar refractivity (Wildman–Crippen MR) is 96.0 cm³/mol. The molecule has 0 aliphatic carbocycles. The van der Waals surface area contributed by atoms with E-state index >= 15 is 0 Å². The van der Waals surface area contributed by atoms with Gasteiger partial charge in [-0.15, -0.1) is 0 Å². The van der Waals surface area contributed by atoms with Crippen LogP contribution in [0.15, 0.2) is 42.6 Å². The lowest BCUT2D eigenvalue weighted by molar-refractivity contribution is 0.689. The molecule has 5 heteroatoms. The van der Waals surface area contributed by atoms with Gasteiger partial charge in [-0.2, -0.15) is 5.26 Å². The van der Waals surface area contributed by atoms with Gasteiger partial charge in [-0.3, -0.25) is 4.40 Å². The summed E-state index contributed by atoms with van der Waals surface area (Å²) in [7, 11) is 0. The molecule has 0 amide bonds. The Bertz CT molecular complexity index is 1100. The molecule has 0 saturated heterocycles. The molecule has 0 saturated carbocycles. The van der Waals surface area contributed by atoms with Crippen molar-refractivity contribution in [2.75, 3.05) is 11.9 Å². The van der Waals surface area contributed by atoms with Gasteiger partial charge < -0.3 is 5.32 Å². The van der Waals surface area contributed by atoms with Gasteiger partial charge in [0, 0.05) is 18.1 Å². The molecule has 0 bridgehead atoms. The maximum absolute atomic E-state index is 9.80. The van der Waals surface area contributed by atoms with Crippen LogP contribution in [0.3, 0.4) is 0 Å².